The van der Waals surface area contributed by atoms with Gasteiger partial charge < -0.3 is 15.0 Å². The maximum absolute atomic E-state index is 13.5. The molecule has 0 bridgehead atoms. The molecule has 2 heterocycles. The average Bonchev–Trinajstić information content (AvgIpc) is 3.23. The molecule has 0 radical (unpaired) electrons. The predicted octanol–water partition coefficient (Wildman–Crippen LogP) is 3.80. The Kier molecular flexibility index (Phi) is 6.32. The number of likely N-dealkylation sites (N-methyl/N-ethyl adjacent to an activating group) is 1. The van der Waals surface area contributed by atoms with Gasteiger partial charge in [-0.05, 0) is 24.1 Å². The third-order valence-electron chi connectivity index (χ3n) is 5.42. The minimum absolute atomic E-state index is 0.0519. The van der Waals surface area contributed by atoms with Crippen LogP contribution < -0.4 is 5.32 Å². The van der Waals surface area contributed by atoms with Gasteiger partial charge in [0.15, 0.2) is 5.13 Å². The number of ether oxygens (including phenoxy) is 1. The second-order valence-electron chi connectivity index (χ2n) is 7.45. The van der Waals surface area contributed by atoms with Gasteiger partial charge >= 0.3 is 5.97 Å². The molecule has 2 aromatic carbocycles. The maximum Gasteiger partial charge on any atom is 0.311 e. The highest BCUT2D eigenvalue weighted by atomic mass is 32.1. The van der Waals surface area contributed by atoms with Gasteiger partial charge in [0.25, 0.3) is 5.91 Å². The Labute approximate surface area is 190 Å². The highest BCUT2D eigenvalue weighted by Gasteiger charge is 2.42. The van der Waals surface area contributed by atoms with Gasteiger partial charge in [-0.3, -0.25) is 14.4 Å². The van der Waals surface area contributed by atoms with E-state index in [2.05, 4.69) is 10.3 Å². The molecule has 2 amide bonds. The summed E-state index contributed by atoms with van der Waals surface area (Å²) in [5, 5.41) is 5.02. The lowest BCUT2D eigenvalue weighted by molar-refractivity contribution is -0.142. The van der Waals surface area contributed by atoms with Gasteiger partial charge in [0.05, 0.1) is 30.7 Å². The van der Waals surface area contributed by atoms with Crippen LogP contribution in [0.1, 0.15) is 46.1 Å². The molecule has 4 rings (SSSR count). The summed E-state index contributed by atoms with van der Waals surface area (Å²) in [6.07, 6.45) is 0.0519. The molecule has 2 atom stereocenters. The number of hydrogen-bond donors (Lipinski definition) is 1. The Balaban J connectivity index is 1.65. The molecule has 8 heteroatoms. The normalized spacial score (nSPS) is 17.6. The van der Waals surface area contributed by atoms with Crippen LogP contribution in [0.3, 0.4) is 0 Å². The number of amides is 2. The monoisotopic (exact) mass is 449 g/mol. The Hall–Kier alpha value is -3.52. The number of thiazole rings is 1. The summed E-state index contributed by atoms with van der Waals surface area (Å²) in [7, 11) is 1.72. The van der Waals surface area contributed by atoms with Crippen LogP contribution in [0.15, 0.2) is 60.0 Å². The average molecular weight is 450 g/mol. The molecule has 1 aliphatic heterocycles. The Morgan fingerprint density at radius 3 is 2.59 bits per heavy atom. The van der Waals surface area contributed by atoms with Gasteiger partial charge in [0.1, 0.15) is 0 Å². The lowest BCUT2D eigenvalue weighted by Crippen LogP contribution is -2.44. The van der Waals surface area contributed by atoms with Crippen molar-refractivity contribution in [2.24, 2.45) is 0 Å². The van der Waals surface area contributed by atoms with E-state index in [1.54, 1.807) is 36.4 Å². The van der Waals surface area contributed by atoms with E-state index in [0.717, 1.165) is 5.56 Å². The van der Waals surface area contributed by atoms with Gasteiger partial charge in [0.2, 0.25) is 5.91 Å². The van der Waals surface area contributed by atoms with Gasteiger partial charge in [-0.15, -0.1) is 11.3 Å². The first kappa shape index (κ1) is 21.7. The Morgan fingerprint density at radius 2 is 1.84 bits per heavy atom. The van der Waals surface area contributed by atoms with Gasteiger partial charge in [-0.2, -0.15) is 0 Å². The number of esters is 1. The highest BCUT2D eigenvalue weighted by molar-refractivity contribution is 7.13. The number of benzene rings is 2. The van der Waals surface area contributed by atoms with Crippen LogP contribution in [0.2, 0.25) is 0 Å². The van der Waals surface area contributed by atoms with E-state index in [1.165, 1.54) is 11.3 Å². The van der Waals surface area contributed by atoms with E-state index in [-0.39, 0.29) is 24.2 Å². The molecule has 7 nitrogen and oxygen atoms in total. The third kappa shape index (κ3) is 4.27. The highest BCUT2D eigenvalue weighted by Crippen LogP contribution is 2.42. The number of hydrogen-bond acceptors (Lipinski definition) is 6. The van der Waals surface area contributed by atoms with Gasteiger partial charge in [-0.1, -0.05) is 48.5 Å². The summed E-state index contributed by atoms with van der Waals surface area (Å²) in [6, 6.07) is 16.3. The number of nitrogens with zero attached hydrogens (tertiary/aromatic N) is 2. The molecule has 2 unspecified atom stereocenters. The van der Waals surface area contributed by atoms with E-state index in [0.29, 0.717) is 28.6 Å². The second-order valence-corrected chi connectivity index (χ2v) is 8.31. The molecule has 0 spiro atoms. The van der Waals surface area contributed by atoms with Crippen LogP contribution in [0, 0.1) is 0 Å². The van der Waals surface area contributed by atoms with Crippen molar-refractivity contribution in [3.8, 4) is 0 Å². The van der Waals surface area contributed by atoms with Crippen LogP contribution in [-0.2, 0) is 20.7 Å². The zero-order chi connectivity index (χ0) is 22.7. The van der Waals surface area contributed by atoms with Crippen molar-refractivity contribution < 1.29 is 19.1 Å². The number of rotatable bonds is 6. The lowest BCUT2D eigenvalue weighted by atomic mass is 9.79. The van der Waals surface area contributed by atoms with Crippen molar-refractivity contribution in [3.05, 3.63) is 82.4 Å². The van der Waals surface area contributed by atoms with Crippen LogP contribution in [0.25, 0.3) is 0 Å². The minimum atomic E-state index is -0.617. The second kappa shape index (κ2) is 9.32. The zero-order valence-electron chi connectivity index (χ0n) is 17.8. The number of aromatic nitrogens is 1. The molecule has 0 saturated carbocycles. The number of anilines is 1. The van der Waals surface area contributed by atoms with Crippen molar-refractivity contribution in [3.63, 3.8) is 0 Å². The van der Waals surface area contributed by atoms with E-state index in [1.807, 2.05) is 42.5 Å². The first-order valence-corrected chi connectivity index (χ1v) is 11.2. The van der Waals surface area contributed by atoms with Crippen molar-refractivity contribution in [1.29, 1.82) is 0 Å². The predicted molar refractivity (Wildman–Crippen MR) is 122 cm³/mol. The molecule has 1 aliphatic rings. The van der Waals surface area contributed by atoms with E-state index < -0.39 is 12.0 Å². The molecule has 32 heavy (non-hydrogen) atoms. The van der Waals surface area contributed by atoms with Gasteiger partial charge in [-0.25, -0.2) is 4.98 Å². The number of fused-ring (bicyclic) bond motifs is 1. The Bertz CT molecular complexity index is 1140. The van der Waals surface area contributed by atoms with Crippen molar-refractivity contribution in [2.45, 2.75) is 25.3 Å². The van der Waals surface area contributed by atoms with Crippen molar-refractivity contribution in [1.82, 2.24) is 9.88 Å². The molecule has 0 fully saturated rings. The van der Waals surface area contributed by atoms with Crippen molar-refractivity contribution in [2.75, 3.05) is 19.0 Å². The fourth-order valence-corrected chi connectivity index (χ4v) is 4.73. The fourth-order valence-electron chi connectivity index (χ4n) is 4.01. The fraction of sp³-hybridized carbons (Fsp3) is 0.250. The van der Waals surface area contributed by atoms with Crippen LogP contribution >= 0.6 is 11.3 Å². The first-order valence-electron chi connectivity index (χ1n) is 10.3. The topological polar surface area (TPSA) is 88.6 Å². The summed E-state index contributed by atoms with van der Waals surface area (Å²) in [5.74, 6) is -1.36. The molecule has 164 valence electrons. The summed E-state index contributed by atoms with van der Waals surface area (Å²) >= 11 is 1.25. The van der Waals surface area contributed by atoms with E-state index >= 15 is 0 Å². The van der Waals surface area contributed by atoms with Crippen molar-refractivity contribution >= 4 is 34.3 Å². The van der Waals surface area contributed by atoms with Gasteiger partial charge in [0, 0.05) is 18.0 Å². The molecule has 3 aromatic rings. The molecule has 1 N–H and O–H groups in total. The maximum atomic E-state index is 13.5. The summed E-state index contributed by atoms with van der Waals surface area (Å²) in [6.45, 7) is 2.05. The lowest BCUT2D eigenvalue weighted by Gasteiger charge is -2.39. The number of nitrogens with one attached hydrogen (secondary N) is 1. The molecular formula is C24H23N3O4S. The number of carbonyl (C=O) groups excluding carboxylic acids is 3. The largest absolute Gasteiger partial charge is 0.466 e. The van der Waals surface area contributed by atoms with Crippen LogP contribution in [0.5, 0.6) is 0 Å². The quantitative estimate of drug-likeness (QED) is 0.579. The first-order chi connectivity index (χ1) is 15.5. The summed E-state index contributed by atoms with van der Waals surface area (Å²) in [5.41, 5.74) is 2.62. The summed E-state index contributed by atoms with van der Waals surface area (Å²) in [4.78, 5) is 44.2. The van der Waals surface area contributed by atoms with E-state index in [4.69, 9.17) is 4.74 Å². The third-order valence-corrected chi connectivity index (χ3v) is 6.22. The molecular weight excluding hydrogens is 426 g/mol. The molecule has 0 aliphatic carbocycles. The smallest absolute Gasteiger partial charge is 0.311 e. The van der Waals surface area contributed by atoms with E-state index in [9.17, 15) is 14.4 Å². The minimum Gasteiger partial charge on any atom is -0.466 e. The molecule has 1 aromatic heterocycles. The molecule has 0 saturated heterocycles. The van der Waals surface area contributed by atoms with Crippen LogP contribution in [-0.4, -0.2) is 41.3 Å². The standard InChI is InChI=1S/C24H23N3O4S/c1-3-31-19(28)13-16-14-32-24(25-16)26-22(29)20-17-11-7-8-12-18(17)23(30)27(2)21(20)15-9-5-4-6-10-15/h4-12,14,20-21H,3,13H2,1-2H3,(H,25,26,29). The zero-order valence-corrected chi connectivity index (χ0v) is 18.6. The SMILES string of the molecule is CCOC(=O)Cc1csc(NC(=O)C2c3ccccc3C(=O)N(C)C2c2ccccc2)n1. The van der Waals surface area contributed by atoms with Crippen LogP contribution in [0.4, 0.5) is 5.13 Å². The number of carbonyl (C=O) groups is 3. The Morgan fingerprint density at radius 1 is 1.12 bits per heavy atom. The summed E-state index contributed by atoms with van der Waals surface area (Å²) < 4.78 is 4.96.